The van der Waals surface area contributed by atoms with Gasteiger partial charge in [0.25, 0.3) is 5.91 Å². The Hall–Kier alpha value is -3.45. The van der Waals surface area contributed by atoms with Crippen LogP contribution in [0.1, 0.15) is 16.1 Å². The summed E-state index contributed by atoms with van der Waals surface area (Å²) in [6.07, 6.45) is 3.27. The molecule has 0 radical (unpaired) electrons. The van der Waals surface area contributed by atoms with E-state index in [9.17, 15) is 4.79 Å². The zero-order valence-electron chi connectivity index (χ0n) is 16.2. The summed E-state index contributed by atoms with van der Waals surface area (Å²) in [6, 6.07) is 13.0. The van der Waals surface area contributed by atoms with Crippen molar-refractivity contribution in [2.45, 2.75) is 6.92 Å². The van der Waals surface area contributed by atoms with Crippen molar-refractivity contribution in [2.75, 3.05) is 19.5 Å². The second-order valence-corrected chi connectivity index (χ2v) is 7.25. The molecule has 0 fully saturated rings. The molecule has 8 heteroatoms. The Bertz CT molecular complexity index is 1220. The molecule has 0 aliphatic carbocycles. The first-order chi connectivity index (χ1) is 13.9. The molecule has 3 heterocycles. The molecule has 29 heavy (non-hydrogen) atoms. The van der Waals surface area contributed by atoms with E-state index in [1.165, 1.54) is 4.90 Å². The molecule has 0 unspecified atom stereocenters. The van der Waals surface area contributed by atoms with Crippen molar-refractivity contribution in [3.63, 3.8) is 0 Å². The molecule has 0 bridgehead atoms. The molecule has 4 aromatic rings. The fourth-order valence-electron chi connectivity index (χ4n) is 3.14. The number of rotatable bonds is 4. The van der Waals surface area contributed by atoms with Crippen LogP contribution in [0.5, 0.6) is 0 Å². The van der Waals surface area contributed by atoms with E-state index in [0.29, 0.717) is 28.1 Å². The van der Waals surface area contributed by atoms with E-state index in [-0.39, 0.29) is 5.91 Å². The Balaban J connectivity index is 1.81. The number of fused-ring (bicyclic) bond motifs is 1. The summed E-state index contributed by atoms with van der Waals surface area (Å²) < 4.78 is 1.73. The molecule has 0 aliphatic heterocycles. The molecule has 0 atom stereocenters. The summed E-state index contributed by atoms with van der Waals surface area (Å²) in [5.41, 5.74) is 6.87. The van der Waals surface area contributed by atoms with Crippen LogP contribution in [0.2, 0.25) is 5.02 Å². The number of aromatic nitrogens is 4. The highest BCUT2D eigenvalue weighted by Crippen LogP contribution is 2.25. The largest absolute Gasteiger partial charge is 0.343 e. The third kappa shape index (κ3) is 3.64. The van der Waals surface area contributed by atoms with Gasteiger partial charge in [-0.1, -0.05) is 29.8 Å². The third-order valence-corrected chi connectivity index (χ3v) is 4.74. The van der Waals surface area contributed by atoms with Crippen LogP contribution in [-0.2, 0) is 0 Å². The number of halogens is 1. The quantitative estimate of drug-likeness (QED) is 0.553. The summed E-state index contributed by atoms with van der Waals surface area (Å²) in [4.78, 5) is 27.5. The molecular weight excluding hydrogens is 388 g/mol. The van der Waals surface area contributed by atoms with Gasteiger partial charge in [0.1, 0.15) is 5.69 Å². The molecule has 0 saturated carbocycles. The lowest BCUT2D eigenvalue weighted by molar-refractivity contribution is 0.0819. The Morgan fingerprint density at radius 1 is 1.07 bits per heavy atom. The van der Waals surface area contributed by atoms with Crippen molar-refractivity contribution < 1.29 is 4.79 Å². The Labute approximate surface area is 173 Å². The number of pyridine rings is 1. The predicted molar refractivity (Wildman–Crippen MR) is 114 cm³/mol. The summed E-state index contributed by atoms with van der Waals surface area (Å²) in [5, 5.41) is 1.53. The van der Waals surface area contributed by atoms with E-state index < -0.39 is 0 Å². The maximum absolute atomic E-state index is 12.8. The fourth-order valence-corrected chi connectivity index (χ4v) is 3.30. The van der Waals surface area contributed by atoms with E-state index in [0.717, 1.165) is 16.5 Å². The molecule has 0 spiro atoms. The van der Waals surface area contributed by atoms with Crippen LogP contribution in [0.3, 0.4) is 0 Å². The maximum Gasteiger partial charge on any atom is 0.271 e. The number of carbonyl (C=O) groups is 1. The minimum absolute atomic E-state index is 0.124. The van der Waals surface area contributed by atoms with Gasteiger partial charge in [-0.15, -0.1) is 0 Å². The molecule has 1 amide bonds. The van der Waals surface area contributed by atoms with Crippen molar-refractivity contribution in [3.8, 4) is 11.4 Å². The number of nitrogens with zero attached hydrogens (tertiary/aromatic N) is 5. The topological polar surface area (TPSA) is 75.9 Å². The van der Waals surface area contributed by atoms with Gasteiger partial charge in [-0.3, -0.25) is 15.2 Å². The highest BCUT2D eigenvalue weighted by molar-refractivity contribution is 6.30. The summed E-state index contributed by atoms with van der Waals surface area (Å²) in [5.74, 6) is 0.221. The van der Waals surface area contributed by atoms with Gasteiger partial charge in [0.05, 0.1) is 16.9 Å². The Morgan fingerprint density at radius 3 is 2.62 bits per heavy atom. The summed E-state index contributed by atoms with van der Waals surface area (Å²) in [7, 11) is 3.44. The van der Waals surface area contributed by atoms with Gasteiger partial charge in [0.15, 0.2) is 0 Å². The first-order valence-electron chi connectivity index (χ1n) is 8.99. The molecule has 0 aliphatic rings. The van der Waals surface area contributed by atoms with Gasteiger partial charge in [0.2, 0.25) is 5.95 Å². The van der Waals surface area contributed by atoms with Crippen LogP contribution < -0.4 is 5.43 Å². The molecule has 4 rings (SSSR count). The maximum atomic E-state index is 12.8. The minimum Gasteiger partial charge on any atom is -0.343 e. The number of anilines is 1. The van der Waals surface area contributed by atoms with Crippen molar-refractivity contribution in [1.29, 1.82) is 0 Å². The molecule has 1 aromatic carbocycles. The third-order valence-electron chi connectivity index (χ3n) is 4.50. The van der Waals surface area contributed by atoms with Gasteiger partial charge in [-0.25, -0.2) is 14.6 Å². The Morgan fingerprint density at radius 2 is 1.86 bits per heavy atom. The van der Waals surface area contributed by atoms with Crippen molar-refractivity contribution in [1.82, 2.24) is 24.5 Å². The average Bonchev–Trinajstić information content (AvgIpc) is 3.07. The number of carbonyl (C=O) groups excluding carboxylic acids is 1. The van der Waals surface area contributed by atoms with E-state index in [2.05, 4.69) is 20.4 Å². The molecular formula is C21H19ClN6O. The number of nitrogens with one attached hydrogen (secondary N) is 1. The van der Waals surface area contributed by atoms with Gasteiger partial charge in [-0.05, 0) is 36.8 Å². The molecule has 3 aromatic heterocycles. The lowest BCUT2D eigenvalue weighted by Crippen LogP contribution is -2.27. The first kappa shape index (κ1) is 18.9. The van der Waals surface area contributed by atoms with Crippen LogP contribution in [0.15, 0.2) is 54.9 Å². The lowest BCUT2D eigenvalue weighted by Gasteiger charge is -2.16. The summed E-state index contributed by atoms with van der Waals surface area (Å²) in [6.45, 7) is 2.00. The SMILES string of the molecule is Cc1cccc2cc(C(=O)N(C)C)n(Nc3nccc(-c4cc(Cl)ccn4)n3)c12. The number of aryl methyl sites for hydroxylation is 1. The predicted octanol–water partition coefficient (Wildman–Crippen LogP) is 4.03. The number of amides is 1. The van der Waals surface area contributed by atoms with E-state index in [1.54, 1.807) is 49.4 Å². The molecule has 7 nitrogen and oxygen atoms in total. The van der Waals surface area contributed by atoms with Crippen LogP contribution in [-0.4, -0.2) is 44.5 Å². The fraction of sp³-hybridized carbons (Fsp3) is 0.143. The summed E-state index contributed by atoms with van der Waals surface area (Å²) >= 11 is 6.07. The zero-order chi connectivity index (χ0) is 20.5. The standard InChI is InChI=1S/C21H19ClN6O/c1-13-5-4-6-14-11-18(20(29)27(2)3)28(19(13)14)26-21-24-10-8-16(25-21)17-12-15(22)7-9-23-17/h4-12H,1-3H3,(H,24,25,26). The second-order valence-electron chi connectivity index (χ2n) is 6.81. The smallest absolute Gasteiger partial charge is 0.271 e. The van der Waals surface area contributed by atoms with Gasteiger partial charge >= 0.3 is 0 Å². The van der Waals surface area contributed by atoms with E-state index >= 15 is 0 Å². The minimum atomic E-state index is -0.124. The van der Waals surface area contributed by atoms with Crippen molar-refractivity contribution >= 4 is 34.4 Å². The molecule has 146 valence electrons. The lowest BCUT2D eigenvalue weighted by atomic mass is 10.2. The van der Waals surface area contributed by atoms with Crippen molar-refractivity contribution in [3.05, 3.63) is 71.1 Å². The first-order valence-corrected chi connectivity index (χ1v) is 9.36. The van der Waals surface area contributed by atoms with E-state index in [4.69, 9.17) is 11.6 Å². The molecule has 0 saturated heterocycles. The van der Waals surface area contributed by atoms with Gasteiger partial charge in [0, 0.05) is 36.9 Å². The average molecular weight is 407 g/mol. The number of para-hydroxylation sites is 1. The molecule has 1 N–H and O–H groups in total. The van der Waals surface area contributed by atoms with Crippen molar-refractivity contribution in [2.24, 2.45) is 0 Å². The normalized spacial score (nSPS) is 10.9. The second kappa shape index (κ2) is 7.52. The zero-order valence-corrected chi connectivity index (χ0v) is 17.0. The number of hydrogen-bond acceptors (Lipinski definition) is 5. The van der Waals surface area contributed by atoms with Crippen LogP contribution in [0.25, 0.3) is 22.3 Å². The van der Waals surface area contributed by atoms with Crippen LogP contribution in [0, 0.1) is 6.92 Å². The highest BCUT2D eigenvalue weighted by atomic mass is 35.5. The Kier molecular flexibility index (Phi) is 4.90. The van der Waals surface area contributed by atoms with Gasteiger partial charge < -0.3 is 4.90 Å². The van der Waals surface area contributed by atoms with Crippen LogP contribution >= 0.6 is 11.6 Å². The monoisotopic (exact) mass is 406 g/mol. The number of hydrogen-bond donors (Lipinski definition) is 1. The van der Waals surface area contributed by atoms with Crippen LogP contribution in [0.4, 0.5) is 5.95 Å². The van der Waals surface area contributed by atoms with Gasteiger partial charge in [-0.2, -0.15) is 0 Å². The van der Waals surface area contributed by atoms with E-state index in [1.807, 2.05) is 31.2 Å². The highest BCUT2D eigenvalue weighted by Gasteiger charge is 2.19. The number of benzene rings is 1.